The number of aliphatic hydroxyl groups is 2. The molecule has 2 spiro atoms. The van der Waals surface area contributed by atoms with Gasteiger partial charge < -0.3 is 20.4 Å². The van der Waals surface area contributed by atoms with Crippen LogP contribution in [0.3, 0.4) is 0 Å². The number of urea groups is 1. The van der Waals surface area contributed by atoms with E-state index in [-0.39, 0.29) is 52.0 Å². The Morgan fingerprint density at radius 1 is 0.900 bits per heavy atom. The van der Waals surface area contributed by atoms with Gasteiger partial charge in [0.15, 0.2) is 5.78 Å². The zero-order valence-corrected chi connectivity index (χ0v) is 31.9. The maximum atomic E-state index is 14.8. The Morgan fingerprint density at radius 2 is 1.54 bits per heavy atom. The van der Waals surface area contributed by atoms with E-state index in [1.165, 1.54) is 38.5 Å². The summed E-state index contributed by atoms with van der Waals surface area (Å²) < 4.78 is 0. The normalized spacial score (nSPS) is 47.9. The van der Waals surface area contributed by atoms with Crippen molar-refractivity contribution in [3.05, 3.63) is 45.7 Å². The van der Waals surface area contributed by atoms with Crippen LogP contribution in [0.25, 0.3) is 0 Å². The van der Waals surface area contributed by atoms with Crippen LogP contribution in [0.15, 0.2) is 35.9 Å². The van der Waals surface area contributed by atoms with Crippen molar-refractivity contribution in [2.24, 2.45) is 56.7 Å². The van der Waals surface area contributed by atoms with E-state index >= 15 is 0 Å². The van der Waals surface area contributed by atoms with Crippen LogP contribution in [0.5, 0.6) is 0 Å². The summed E-state index contributed by atoms with van der Waals surface area (Å²) in [5, 5.41) is 27.5. The SMILES string of the molecule is Cc1ccc(C(=O)C2=CC34C=CC25C(CCC2(C)C5CCC2(O)CN(CC25CC6CC(CC(C6)C2)C5)C(=O)NC(C)C)C3(C)CCC(O)C4)s1. The molecule has 7 saturated carbocycles. The lowest BCUT2D eigenvalue weighted by Crippen LogP contribution is -2.67. The van der Waals surface area contributed by atoms with Crippen molar-refractivity contribution in [3.63, 3.8) is 0 Å². The Labute approximate surface area is 303 Å². The molecule has 1 heterocycles. The molecular weight excluding hydrogens is 641 g/mol. The first-order valence-electron chi connectivity index (χ1n) is 20.1. The van der Waals surface area contributed by atoms with Crippen LogP contribution >= 0.6 is 11.3 Å². The number of nitrogens with zero attached hydrogens (tertiary/aromatic N) is 1. The number of amides is 2. The van der Waals surface area contributed by atoms with Gasteiger partial charge in [-0.1, -0.05) is 32.1 Å². The van der Waals surface area contributed by atoms with E-state index in [2.05, 4.69) is 55.3 Å². The molecule has 0 radical (unpaired) electrons. The molecule has 0 saturated heterocycles. The number of fused-ring (bicyclic) bond motifs is 1. The Bertz CT molecular complexity index is 1630. The predicted molar refractivity (Wildman–Crippen MR) is 198 cm³/mol. The van der Waals surface area contributed by atoms with Gasteiger partial charge in [-0.25, -0.2) is 4.79 Å². The van der Waals surface area contributed by atoms with Gasteiger partial charge in [0.05, 0.1) is 23.1 Å². The first kappa shape index (κ1) is 33.8. The van der Waals surface area contributed by atoms with Crippen molar-refractivity contribution < 1.29 is 19.8 Å². The molecule has 1 aromatic rings. The fourth-order valence-corrected chi connectivity index (χ4v) is 15.9. The number of carbonyl (C=O) groups excluding carboxylic acids is 2. The second-order valence-electron chi connectivity index (χ2n) is 19.9. The van der Waals surface area contributed by atoms with Gasteiger partial charge in [-0.05, 0) is 157 Å². The molecule has 1 aromatic heterocycles. The van der Waals surface area contributed by atoms with Crippen LogP contribution in [-0.2, 0) is 0 Å². The number of ketones is 1. The highest BCUT2D eigenvalue weighted by Crippen LogP contribution is 2.78. The summed E-state index contributed by atoms with van der Waals surface area (Å²) >= 11 is 1.58. The number of carbonyl (C=O) groups is 2. The third-order valence-corrected chi connectivity index (χ3v) is 17.8. The van der Waals surface area contributed by atoms with E-state index in [1.807, 2.05) is 19.9 Å². The minimum atomic E-state index is -1.05. The summed E-state index contributed by atoms with van der Waals surface area (Å²) in [6.45, 7) is 12.0. The first-order chi connectivity index (χ1) is 23.6. The molecule has 0 aromatic carbocycles. The van der Waals surface area contributed by atoms with Crippen molar-refractivity contribution in [2.45, 2.75) is 136 Å². The van der Waals surface area contributed by atoms with Gasteiger partial charge in [0, 0.05) is 39.3 Å². The van der Waals surface area contributed by atoms with Gasteiger partial charge in [-0.2, -0.15) is 0 Å². The number of thiophene rings is 1. The molecule has 7 fully saturated rings. The fourth-order valence-electron chi connectivity index (χ4n) is 15.0. The van der Waals surface area contributed by atoms with E-state index < -0.39 is 16.4 Å². The monoisotopic (exact) mass is 700 g/mol. The number of hydrogen-bond acceptors (Lipinski definition) is 5. The van der Waals surface area contributed by atoms with E-state index in [9.17, 15) is 19.8 Å². The summed E-state index contributed by atoms with van der Waals surface area (Å²) in [5.41, 5.74) is -1.28. The van der Waals surface area contributed by atoms with Gasteiger partial charge >= 0.3 is 6.03 Å². The summed E-state index contributed by atoms with van der Waals surface area (Å²) in [5.74, 6) is 2.90. The van der Waals surface area contributed by atoms with Gasteiger partial charge in [0.1, 0.15) is 0 Å². The highest BCUT2D eigenvalue weighted by atomic mass is 32.1. The number of rotatable bonds is 7. The second kappa shape index (κ2) is 11.0. The number of allylic oxidation sites excluding steroid dienone is 4. The Balaban J connectivity index is 1.10. The zero-order valence-electron chi connectivity index (χ0n) is 31.1. The molecule has 2 amide bonds. The van der Waals surface area contributed by atoms with Crippen molar-refractivity contribution in [1.29, 1.82) is 0 Å². The molecule has 11 rings (SSSR count). The molecule has 6 nitrogen and oxygen atoms in total. The quantitative estimate of drug-likeness (QED) is 0.197. The van der Waals surface area contributed by atoms with Gasteiger partial charge in [0.2, 0.25) is 0 Å². The maximum absolute atomic E-state index is 14.8. The number of hydrogen-bond donors (Lipinski definition) is 3. The average molecular weight is 701 g/mol. The van der Waals surface area contributed by atoms with E-state index in [1.54, 1.807) is 11.3 Å². The lowest BCUT2D eigenvalue weighted by molar-refractivity contribution is -0.176. The summed E-state index contributed by atoms with van der Waals surface area (Å²) in [4.78, 5) is 33.0. The van der Waals surface area contributed by atoms with E-state index in [0.717, 1.165) is 71.7 Å². The molecule has 8 atom stereocenters. The molecule has 0 aliphatic heterocycles. The van der Waals surface area contributed by atoms with Crippen LogP contribution in [0.2, 0.25) is 0 Å². The van der Waals surface area contributed by atoms with Gasteiger partial charge in [-0.15, -0.1) is 11.3 Å². The lowest BCUT2D eigenvalue weighted by Gasteiger charge is -2.71. The molecule has 8 unspecified atom stereocenters. The molecule has 7 heteroatoms. The fraction of sp³-hybridized carbons (Fsp3) is 0.767. The van der Waals surface area contributed by atoms with Crippen molar-refractivity contribution >= 4 is 23.2 Å². The molecule has 50 heavy (non-hydrogen) atoms. The minimum absolute atomic E-state index is 0.0276. The minimum Gasteiger partial charge on any atom is -0.393 e. The number of aliphatic hydroxyl groups excluding tert-OH is 1. The molecule has 272 valence electrons. The predicted octanol–water partition coefficient (Wildman–Crippen LogP) is 8.47. The van der Waals surface area contributed by atoms with Crippen molar-refractivity contribution in [3.8, 4) is 0 Å². The summed E-state index contributed by atoms with van der Waals surface area (Å²) in [7, 11) is 0. The zero-order chi connectivity index (χ0) is 35.1. The molecule has 6 bridgehead atoms. The molecule has 10 aliphatic carbocycles. The standard InChI is InChI=1S/C43H60N2O4S/c1-26(2)44-37(48)45(24-40-19-28-16-29(20-40)18-30(17-28)21-40)25-42(49)13-10-35-39(42,5)12-9-34-38(4)11-8-31(46)22-41(38)14-15-43(34,35)32(23-41)36(47)33-7-6-27(3)50-33/h6-7,14-15,23,26,28-31,34-35,46,49H,8-13,16-22,24-25H2,1-5H3,(H,44,48). The van der Waals surface area contributed by atoms with Crippen molar-refractivity contribution in [1.82, 2.24) is 10.2 Å². The number of nitrogens with one attached hydrogen (secondary N) is 1. The molecule has 3 N–H and O–H groups in total. The van der Waals surface area contributed by atoms with Crippen LogP contribution in [-0.4, -0.2) is 57.8 Å². The smallest absolute Gasteiger partial charge is 0.317 e. The van der Waals surface area contributed by atoms with Crippen LogP contribution in [0, 0.1) is 63.6 Å². The third kappa shape index (κ3) is 4.56. The highest BCUT2D eigenvalue weighted by Gasteiger charge is 2.74. The second-order valence-corrected chi connectivity index (χ2v) is 21.2. The Morgan fingerprint density at radius 3 is 2.18 bits per heavy atom. The maximum Gasteiger partial charge on any atom is 0.317 e. The van der Waals surface area contributed by atoms with Crippen molar-refractivity contribution in [2.75, 3.05) is 13.1 Å². The molecular formula is C43H60N2O4S. The van der Waals surface area contributed by atoms with Crippen LogP contribution in [0.4, 0.5) is 4.79 Å². The van der Waals surface area contributed by atoms with E-state index in [0.29, 0.717) is 19.4 Å². The third-order valence-electron chi connectivity index (χ3n) is 16.8. The average Bonchev–Trinajstić information content (AvgIpc) is 3.59. The number of aryl methyl sites for hydroxylation is 1. The molecule has 10 aliphatic rings. The number of Topliss-reactive ketones (excluding diaryl/α,β-unsaturated/α-hetero) is 1. The van der Waals surface area contributed by atoms with E-state index in [4.69, 9.17) is 0 Å². The van der Waals surface area contributed by atoms with Crippen LogP contribution < -0.4 is 5.32 Å². The summed E-state index contributed by atoms with van der Waals surface area (Å²) in [6, 6.07) is 4.05. The largest absolute Gasteiger partial charge is 0.393 e. The lowest BCUT2D eigenvalue weighted by atomic mass is 9.32. The summed E-state index contributed by atoms with van der Waals surface area (Å²) in [6.07, 6.45) is 20.3. The van der Waals surface area contributed by atoms with Gasteiger partial charge in [0.25, 0.3) is 0 Å². The topological polar surface area (TPSA) is 89.9 Å². The highest BCUT2D eigenvalue weighted by molar-refractivity contribution is 7.14. The Hall–Kier alpha value is -1.96. The first-order valence-corrected chi connectivity index (χ1v) is 21.0. The van der Waals surface area contributed by atoms with Gasteiger partial charge in [-0.3, -0.25) is 4.79 Å². The van der Waals surface area contributed by atoms with Crippen LogP contribution in [0.1, 0.15) is 126 Å². The Kier molecular flexibility index (Phi) is 7.47.